The predicted molar refractivity (Wildman–Crippen MR) is 77.0 cm³/mol. The molecule has 2 bridgehead atoms. The third-order valence-electron chi connectivity index (χ3n) is 4.30. The number of rotatable bonds is 5. The normalized spacial score (nSPS) is 31.8. The number of ether oxygens (including phenoxy) is 1. The van der Waals surface area contributed by atoms with E-state index < -0.39 is 35.0 Å². The van der Waals surface area contributed by atoms with Crippen molar-refractivity contribution in [2.75, 3.05) is 6.54 Å². The Bertz CT molecular complexity index is 474. The molecular formula is C14H22NO6S-. The molecule has 0 aromatic rings. The van der Waals surface area contributed by atoms with Crippen molar-refractivity contribution in [1.82, 2.24) is 5.32 Å². The van der Waals surface area contributed by atoms with Crippen LogP contribution in [0.1, 0.15) is 40.0 Å². The first-order valence-electron chi connectivity index (χ1n) is 7.42. The van der Waals surface area contributed by atoms with Crippen LogP contribution in [0.3, 0.4) is 0 Å². The van der Waals surface area contributed by atoms with Crippen molar-refractivity contribution in [2.24, 2.45) is 17.3 Å². The summed E-state index contributed by atoms with van der Waals surface area (Å²) in [5, 5.41) is 2.52. The van der Waals surface area contributed by atoms with E-state index in [9.17, 15) is 18.4 Å². The lowest BCUT2D eigenvalue weighted by Gasteiger charge is -2.30. The summed E-state index contributed by atoms with van der Waals surface area (Å²) in [5.74, 6) is -0.558. The highest BCUT2D eigenvalue weighted by Gasteiger charge is 2.51. The molecule has 2 fully saturated rings. The molecule has 2 aliphatic carbocycles. The monoisotopic (exact) mass is 332 g/mol. The zero-order valence-corrected chi connectivity index (χ0v) is 13.8. The van der Waals surface area contributed by atoms with Gasteiger partial charge in [-0.3, -0.25) is 13.8 Å². The minimum Gasteiger partial charge on any atom is -0.750 e. The molecule has 7 nitrogen and oxygen atoms in total. The molecule has 0 aliphatic heterocycles. The summed E-state index contributed by atoms with van der Waals surface area (Å²) in [7, 11) is 0. The highest BCUT2D eigenvalue weighted by atomic mass is 32.2. The van der Waals surface area contributed by atoms with Crippen molar-refractivity contribution in [3.8, 4) is 0 Å². The number of carbonyl (C=O) groups is 2. The fraction of sp³-hybridized carbons (Fsp3) is 0.857. The third kappa shape index (κ3) is 4.05. The van der Waals surface area contributed by atoms with Crippen LogP contribution in [-0.2, 0) is 29.9 Å². The second-order valence-corrected chi connectivity index (χ2v) is 7.59. The summed E-state index contributed by atoms with van der Waals surface area (Å²) < 4.78 is 31.8. The molecule has 0 saturated heterocycles. The Morgan fingerprint density at radius 2 is 1.82 bits per heavy atom. The Morgan fingerprint density at radius 3 is 2.36 bits per heavy atom. The van der Waals surface area contributed by atoms with E-state index in [4.69, 9.17) is 8.92 Å². The van der Waals surface area contributed by atoms with Crippen LogP contribution in [0.15, 0.2) is 0 Å². The second kappa shape index (κ2) is 6.64. The molecule has 0 radical (unpaired) electrons. The molecule has 126 valence electrons. The number of esters is 1. The summed E-state index contributed by atoms with van der Waals surface area (Å²) in [4.78, 5) is 23.6. The minimum atomic E-state index is -2.63. The van der Waals surface area contributed by atoms with Gasteiger partial charge in [-0.05, 0) is 31.1 Å². The Labute approximate surface area is 132 Å². The molecule has 0 aromatic heterocycles. The molecule has 0 aromatic carbocycles. The van der Waals surface area contributed by atoms with Crippen molar-refractivity contribution in [3.05, 3.63) is 0 Å². The van der Waals surface area contributed by atoms with Gasteiger partial charge in [-0.25, -0.2) is 4.21 Å². The number of nitrogens with one attached hydrogen (secondary N) is 1. The van der Waals surface area contributed by atoms with Gasteiger partial charge in [-0.1, -0.05) is 20.8 Å². The molecular weight excluding hydrogens is 310 g/mol. The van der Waals surface area contributed by atoms with Crippen molar-refractivity contribution in [3.63, 3.8) is 0 Å². The SMILES string of the molecule is CC(C)(C)C(=O)NCC(=O)OC1C2CCC(C2)C1OS(=O)[O-]. The molecule has 1 N–H and O–H groups in total. The molecule has 0 spiro atoms. The topological polar surface area (TPSA) is 105 Å². The van der Waals surface area contributed by atoms with Crippen LogP contribution in [-0.4, -0.2) is 39.4 Å². The van der Waals surface area contributed by atoms with Crippen LogP contribution >= 0.6 is 0 Å². The number of carbonyl (C=O) groups excluding carboxylic acids is 2. The van der Waals surface area contributed by atoms with Crippen molar-refractivity contribution >= 4 is 23.2 Å². The van der Waals surface area contributed by atoms with E-state index >= 15 is 0 Å². The zero-order chi connectivity index (χ0) is 16.5. The molecule has 0 heterocycles. The van der Waals surface area contributed by atoms with Crippen LogP contribution in [0, 0.1) is 17.3 Å². The summed E-state index contributed by atoms with van der Waals surface area (Å²) in [5.41, 5.74) is -0.586. The van der Waals surface area contributed by atoms with E-state index in [0.717, 1.165) is 19.3 Å². The fourth-order valence-electron chi connectivity index (χ4n) is 3.18. The number of fused-ring (bicyclic) bond motifs is 2. The Hall–Kier alpha value is -0.990. The van der Waals surface area contributed by atoms with Crippen molar-refractivity contribution in [1.29, 1.82) is 0 Å². The van der Waals surface area contributed by atoms with Crippen LogP contribution in [0.5, 0.6) is 0 Å². The molecule has 1 amide bonds. The third-order valence-corrected chi connectivity index (χ3v) is 4.68. The van der Waals surface area contributed by atoms with E-state index in [1.54, 1.807) is 20.8 Å². The molecule has 2 saturated carbocycles. The first kappa shape index (κ1) is 17.4. The van der Waals surface area contributed by atoms with E-state index in [1.165, 1.54) is 0 Å². The van der Waals surface area contributed by atoms with Crippen LogP contribution < -0.4 is 5.32 Å². The zero-order valence-electron chi connectivity index (χ0n) is 13.0. The van der Waals surface area contributed by atoms with Crippen LogP contribution in [0.4, 0.5) is 0 Å². The minimum absolute atomic E-state index is 0.116. The second-order valence-electron chi connectivity index (χ2n) is 6.99. The summed E-state index contributed by atoms with van der Waals surface area (Å²) in [6.07, 6.45) is 1.47. The Kier molecular flexibility index (Phi) is 5.24. The quantitative estimate of drug-likeness (QED) is 0.586. The summed E-state index contributed by atoms with van der Waals surface area (Å²) >= 11 is -2.63. The van der Waals surface area contributed by atoms with Gasteiger partial charge in [0.1, 0.15) is 18.8 Å². The average molecular weight is 332 g/mol. The maximum absolute atomic E-state index is 11.9. The van der Waals surface area contributed by atoms with Gasteiger partial charge in [0, 0.05) is 5.41 Å². The van der Waals surface area contributed by atoms with E-state index in [-0.39, 0.29) is 24.3 Å². The van der Waals surface area contributed by atoms with Crippen molar-refractivity contribution in [2.45, 2.75) is 52.2 Å². The number of amides is 1. The average Bonchev–Trinajstić information content (AvgIpc) is 2.97. The Balaban J connectivity index is 1.87. The maximum Gasteiger partial charge on any atom is 0.325 e. The first-order chi connectivity index (χ1) is 10.2. The van der Waals surface area contributed by atoms with Crippen LogP contribution in [0.2, 0.25) is 0 Å². The smallest absolute Gasteiger partial charge is 0.325 e. The lowest BCUT2D eigenvalue weighted by Crippen LogP contribution is -2.43. The van der Waals surface area contributed by atoms with Gasteiger partial charge in [0.2, 0.25) is 5.91 Å². The van der Waals surface area contributed by atoms with E-state index in [0.29, 0.717) is 0 Å². The van der Waals surface area contributed by atoms with E-state index in [1.807, 2.05) is 0 Å². The molecule has 2 rings (SSSR count). The number of hydrogen-bond acceptors (Lipinski definition) is 6. The predicted octanol–water partition coefficient (Wildman–Crippen LogP) is 0.670. The lowest BCUT2D eigenvalue weighted by molar-refractivity contribution is -0.157. The number of hydrogen-bond donors (Lipinski definition) is 1. The molecule has 5 atom stereocenters. The van der Waals surface area contributed by atoms with Gasteiger partial charge in [0.05, 0.1) is 11.4 Å². The highest BCUT2D eigenvalue weighted by Crippen LogP contribution is 2.47. The van der Waals surface area contributed by atoms with Gasteiger partial charge in [0.15, 0.2) is 0 Å². The van der Waals surface area contributed by atoms with Gasteiger partial charge in [-0.15, -0.1) is 0 Å². The standard InChI is InChI=1S/C14H23NO6S/c1-14(2,3)13(17)15-7-10(16)20-11-8-4-5-9(6-8)12(11)21-22(18)19/h8-9,11-12H,4-7H2,1-3H3,(H,15,17)(H,18,19)/p-1. The molecule has 2 aliphatic rings. The molecule has 22 heavy (non-hydrogen) atoms. The van der Waals surface area contributed by atoms with Gasteiger partial charge in [-0.2, -0.15) is 0 Å². The Morgan fingerprint density at radius 1 is 1.23 bits per heavy atom. The van der Waals surface area contributed by atoms with E-state index in [2.05, 4.69) is 5.32 Å². The van der Waals surface area contributed by atoms with Crippen molar-refractivity contribution < 1.29 is 27.3 Å². The fourth-order valence-corrected chi connectivity index (χ4v) is 3.63. The summed E-state index contributed by atoms with van der Waals surface area (Å²) in [6.45, 7) is 5.02. The largest absolute Gasteiger partial charge is 0.750 e. The molecule has 8 heteroatoms. The van der Waals surface area contributed by atoms with Gasteiger partial charge >= 0.3 is 5.97 Å². The lowest BCUT2D eigenvalue weighted by atomic mass is 9.95. The highest BCUT2D eigenvalue weighted by molar-refractivity contribution is 7.74. The molecule has 5 unspecified atom stereocenters. The van der Waals surface area contributed by atoms with Gasteiger partial charge < -0.3 is 14.6 Å². The van der Waals surface area contributed by atoms with Gasteiger partial charge in [0.25, 0.3) is 0 Å². The summed E-state index contributed by atoms with van der Waals surface area (Å²) in [6, 6.07) is 0. The first-order valence-corrected chi connectivity index (χ1v) is 8.42. The maximum atomic E-state index is 11.9. The van der Waals surface area contributed by atoms with Crippen LogP contribution in [0.25, 0.3) is 0 Å².